The molecule has 10 heteroatoms. The van der Waals surface area contributed by atoms with Crippen LogP contribution in [0.15, 0.2) is 73.2 Å². The number of amides is 1. The fourth-order valence-electron chi connectivity index (χ4n) is 4.56. The van der Waals surface area contributed by atoms with Gasteiger partial charge in [0.05, 0.1) is 16.9 Å². The molecule has 3 heterocycles. The molecule has 1 aliphatic heterocycles. The van der Waals surface area contributed by atoms with E-state index in [1.807, 2.05) is 31.1 Å². The molecule has 1 atom stereocenters. The smallest absolute Gasteiger partial charge is 0.248 e. The van der Waals surface area contributed by atoms with Crippen LogP contribution in [0.4, 0.5) is 21.6 Å². The van der Waals surface area contributed by atoms with Gasteiger partial charge in [-0.1, -0.05) is 18.2 Å². The number of carbonyl (C=O) groups excluding carboxylic acids is 1. The number of hydrogen-bond donors (Lipinski definition) is 2. The van der Waals surface area contributed by atoms with Gasteiger partial charge >= 0.3 is 0 Å². The molecular formula is C30H32FN7O2. The quantitative estimate of drug-likeness (QED) is 0.294. The number of anilines is 3. The van der Waals surface area contributed by atoms with E-state index in [1.54, 1.807) is 42.6 Å². The molecule has 1 saturated heterocycles. The number of hydrogen-bond acceptors (Lipinski definition) is 8. The zero-order valence-corrected chi connectivity index (χ0v) is 22.8. The van der Waals surface area contributed by atoms with E-state index in [9.17, 15) is 9.18 Å². The molecular weight excluding hydrogens is 509 g/mol. The summed E-state index contributed by atoms with van der Waals surface area (Å²) in [7, 11) is 5.93. The molecule has 1 amide bonds. The SMILES string of the molecule is CN(C)CC=CC(=O)Nc1cc2c(Nc3ccnc(-c4ccccc4F)c3)ncnc2cc1OC1CCN(C)C1. The number of likely N-dealkylation sites (tertiary alicyclic amines) is 1. The van der Waals surface area contributed by atoms with Crippen molar-refractivity contribution in [1.82, 2.24) is 24.8 Å². The van der Waals surface area contributed by atoms with Gasteiger partial charge in [0.25, 0.3) is 0 Å². The number of carbonyl (C=O) groups is 1. The number of fused-ring (bicyclic) bond motifs is 1. The Kier molecular flexibility index (Phi) is 8.28. The second-order valence-corrected chi connectivity index (χ2v) is 10.1. The average molecular weight is 542 g/mol. The van der Waals surface area contributed by atoms with Gasteiger partial charge in [-0.05, 0) is 57.9 Å². The number of ether oxygens (including phenoxy) is 1. The maximum absolute atomic E-state index is 14.4. The average Bonchev–Trinajstić information content (AvgIpc) is 3.34. The van der Waals surface area contributed by atoms with Crippen molar-refractivity contribution in [1.29, 1.82) is 0 Å². The third-order valence-corrected chi connectivity index (χ3v) is 6.55. The molecule has 1 fully saturated rings. The molecule has 2 aromatic heterocycles. The van der Waals surface area contributed by atoms with Crippen molar-refractivity contribution in [3.8, 4) is 17.0 Å². The summed E-state index contributed by atoms with van der Waals surface area (Å²) in [6, 6.07) is 13.7. The third kappa shape index (κ3) is 6.59. The van der Waals surface area contributed by atoms with Gasteiger partial charge in [0.1, 0.15) is 29.8 Å². The van der Waals surface area contributed by atoms with Crippen LogP contribution in [0, 0.1) is 5.82 Å². The maximum Gasteiger partial charge on any atom is 0.248 e. The minimum Gasteiger partial charge on any atom is -0.487 e. The Balaban J connectivity index is 1.48. The standard InChI is InChI=1S/C30H32FN7O2/c1-37(2)13-6-9-29(39)36-27-16-23-26(17-28(27)40-21-11-14-38(3)18-21)33-19-34-30(23)35-20-10-12-32-25(15-20)22-7-4-5-8-24(22)31/h4-10,12,15-17,19,21H,11,13-14,18H2,1-3H3,(H,36,39)(H,32,33,34,35). The van der Waals surface area contributed by atoms with Gasteiger partial charge in [-0.3, -0.25) is 9.78 Å². The largest absolute Gasteiger partial charge is 0.487 e. The summed E-state index contributed by atoms with van der Waals surface area (Å²) in [5, 5.41) is 6.97. The van der Waals surface area contributed by atoms with Gasteiger partial charge in [0, 0.05) is 54.6 Å². The van der Waals surface area contributed by atoms with Gasteiger partial charge < -0.3 is 25.2 Å². The second kappa shape index (κ2) is 12.2. The van der Waals surface area contributed by atoms with Crippen LogP contribution in [0.5, 0.6) is 5.75 Å². The summed E-state index contributed by atoms with van der Waals surface area (Å²) >= 11 is 0. The molecule has 1 unspecified atom stereocenters. The number of pyridine rings is 1. The Hall–Kier alpha value is -4.41. The third-order valence-electron chi connectivity index (χ3n) is 6.55. The zero-order chi connectivity index (χ0) is 28.1. The molecule has 9 nitrogen and oxygen atoms in total. The van der Waals surface area contributed by atoms with Gasteiger partial charge in [-0.25, -0.2) is 14.4 Å². The van der Waals surface area contributed by atoms with Crippen molar-refractivity contribution >= 4 is 34.0 Å². The predicted octanol–water partition coefficient (Wildman–Crippen LogP) is 4.71. The Bertz CT molecular complexity index is 1540. The van der Waals surface area contributed by atoms with Crippen molar-refractivity contribution in [3.63, 3.8) is 0 Å². The highest BCUT2D eigenvalue weighted by Crippen LogP contribution is 2.35. The Labute approximate surface area is 232 Å². The topological polar surface area (TPSA) is 95.5 Å². The second-order valence-electron chi connectivity index (χ2n) is 10.1. The van der Waals surface area contributed by atoms with Crippen LogP contribution in [-0.2, 0) is 4.79 Å². The molecule has 206 valence electrons. The molecule has 2 N–H and O–H groups in total. The van der Waals surface area contributed by atoms with Crippen molar-refractivity contribution in [2.75, 3.05) is 51.4 Å². The summed E-state index contributed by atoms with van der Waals surface area (Å²) in [6.07, 6.45) is 7.31. The number of nitrogens with zero attached hydrogens (tertiary/aromatic N) is 5. The van der Waals surface area contributed by atoms with E-state index in [0.717, 1.165) is 19.5 Å². The van der Waals surface area contributed by atoms with E-state index in [-0.39, 0.29) is 17.8 Å². The monoisotopic (exact) mass is 541 g/mol. The minimum atomic E-state index is -0.347. The van der Waals surface area contributed by atoms with E-state index < -0.39 is 0 Å². The Morgan fingerprint density at radius 3 is 2.80 bits per heavy atom. The van der Waals surface area contributed by atoms with E-state index >= 15 is 0 Å². The first-order valence-corrected chi connectivity index (χ1v) is 13.1. The van der Waals surface area contributed by atoms with E-state index in [2.05, 4.69) is 37.5 Å². The van der Waals surface area contributed by atoms with Gasteiger partial charge in [0.2, 0.25) is 5.91 Å². The first kappa shape index (κ1) is 27.2. The lowest BCUT2D eigenvalue weighted by atomic mass is 10.1. The molecule has 5 rings (SSSR count). The summed E-state index contributed by atoms with van der Waals surface area (Å²) in [6.45, 7) is 2.40. The fraction of sp³-hybridized carbons (Fsp3) is 0.267. The lowest BCUT2D eigenvalue weighted by Crippen LogP contribution is -2.22. The van der Waals surface area contributed by atoms with Crippen molar-refractivity contribution in [3.05, 3.63) is 79.0 Å². The molecule has 0 bridgehead atoms. The highest BCUT2D eigenvalue weighted by molar-refractivity contribution is 6.03. The highest BCUT2D eigenvalue weighted by Gasteiger charge is 2.23. The van der Waals surface area contributed by atoms with Crippen LogP contribution in [0.3, 0.4) is 0 Å². The van der Waals surface area contributed by atoms with Crippen molar-refractivity contribution in [2.24, 2.45) is 0 Å². The van der Waals surface area contributed by atoms with Crippen LogP contribution >= 0.6 is 0 Å². The Morgan fingerprint density at radius 2 is 2.02 bits per heavy atom. The number of nitrogens with one attached hydrogen (secondary N) is 2. The first-order valence-electron chi connectivity index (χ1n) is 13.1. The Morgan fingerprint density at radius 1 is 1.18 bits per heavy atom. The van der Waals surface area contributed by atoms with E-state index in [1.165, 1.54) is 18.5 Å². The summed E-state index contributed by atoms with van der Waals surface area (Å²) < 4.78 is 20.7. The van der Waals surface area contributed by atoms with Crippen LogP contribution in [0.25, 0.3) is 22.2 Å². The molecule has 4 aromatic rings. The number of aromatic nitrogens is 3. The predicted molar refractivity (Wildman–Crippen MR) is 155 cm³/mol. The van der Waals surface area contributed by atoms with Crippen LogP contribution in [0.1, 0.15) is 6.42 Å². The molecule has 0 aliphatic carbocycles. The van der Waals surface area contributed by atoms with Crippen LogP contribution in [-0.4, -0.2) is 77.5 Å². The summed E-state index contributed by atoms with van der Waals surface area (Å²) in [5.74, 6) is 0.476. The van der Waals surface area contributed by atoms with E-state index in [4.69, 9.17) is 4.74 Å². The fourth-order valence-corrected chi connectivity index (χ4v) is 4.56. The number of rotatable bonds is 9. The lowest BCUT2D eigenvalue weighted by Gasteiger charge is -2.18. The van der Waals surface area contributed by atoms with Crippen molar-refractivity contribution in [2.45, 2.75) is 12.5 Å². The highest BCUT2D eigenvalue weighted by atomic mass is 19.1. The van der Waals surface area contributed by atoms with Crippen LogP contribution in [0.2, 0.25) is 0 Å². The van der Waals surface area contributed by atoms with Crippen molar-refractivity contribution < 1.29 is 13.9 Å². The zero-order valence-electron chi connectivity index (χ0n) is 22.8. The summed E-state index contributed by atoms with van der Waals surface area (Å²) in [5.41, 5.74) is 2.77. The molecule has 0 saturated carbocycles. The maximum atomic E-state index is 14.4. The first-order chi connectivity index (χ1) is 19.4. The molecule has 40 heavy (non-hydrogen) atoms. The molecule has 0 radical (unpaired) electrons. The minimum absolute atomic E-state index is 0.00967. The number of likely N-dealkylation sites (N-methyl/N-ethyl adjacent to an activating group) is 2. The number of benzene rings is 2. The normalized spacial score (nSPS) is 15.7. The van der Waals surface area contributed by atoms with Gasteiger partial charge in [0.15, 0.2) is 0 Å². The lowest BCUT2D eigenvalue weighted by molar-refractivity contribution is -0.111. The van der Waals surface area contributed by atoms with Gasteiger partial charge in [-0.2, -0.15) is 0 Å². The molecule has 2 aromatic carbocycles. The number of halogens is 1. The van der Waals surface area contributed by atoms with E-state index in [0.29, 0.717) is 51.6 Å². The summed E-state index contributed by atoms with van der Waals surface area (Å²) in [4.78, 5) is 30.2. The molecule has 1 aliphatic rings. The van der Waals surface area contributed by atoms with Crippen LogP contribution < -0.4 is 15.4 Å². The van der Waals surface area contributed by atoms with Gasteiger partial charge in [-0.15, -0.1) is 0 Å². The molecule has 0 spiro atoms.